The summed E-state index contributed by atoms with van der Waals surface area (Å²) in [5.74, 6) is -0.0379. The van der Waals surface area contributed by atoms with E-state index in [2.05, 4.69) is 29.4 Å². The Kier molecular flexibility index (Phi) is 9.32. The van der Waals surface area contributed by atoms with Crippen LogP contribution >= 0.6 is 0 Å². The monoisotopic (exact) mass is 387 g/mol. The molecule has 2 rings (SSSR count). The summed E-state index contributed by atoms with van der Waals surface area (Å²) in [6.45, 7) is 8.20. The topological polar surface area (TPSA) is 61.4 Å². The van der Waals surface area contributed by atoms with Crippen molar-refractivity contribution in [3.8, 4) is 0 Å². The highest BCUT2D eigenvalue weighted by Crippen LogP contribution is 2.27. The second kappa shape index (κ2) is 11.7. The van der Waals surface area contributed by atoms with Crippen LogP contribution in [0.2, 0.25) is 0 Å². The van der Waals surface area contributed by atoms with Gasteiger partial charge in [-0.1, -0.05) is 33.1 Å². The predicted molar refractivity (Wildman–Crippen MR) is 117 cm³/mol. The Morgan fingerprint density at radius 3 is 2.50 bits per heavy atom. The van der Waals surface area contributed by atoms with E-state index in [-0.39, 0.29) is 17.9 Å². The lowest BCUT2D eigenvalue weighted by Crippen LogP contribution is -2.35. The van der Waals surface area contributed by atoms with Crippen LogP contribution in [-0.2, 0) is 4.79 Å². The van der Waals surface area contributed by atoms with Gasteiger partial charge in [0, 0.05) is 36.9 Å². The van der Waals surface area contributed by atoms with Gasteiger partial charge in [0.05, 0.1) is 5.56 Å². The van der Waals surface area contributed by atoms with Crippen LogP contribution in [0.15, 0.2) is 18.2 Å². The molecule has 0 saturated carbocycles. The van der Waals surface area contributed by atoms with Gasteiger partial charge >= 0.3 is 0 Å². The zero-order valence-electron chi connectivity index (χ0n) is 17.9. The van der Waals surface area contributed by atoms with E-state index in [0.29, 0.717) is 17.7 Å². The summed E-state index contributed by atoms with van der Waals surface area (Å²) in [7, 11) is 0. The van der Waals surface area contributed by atoms with Crippen molar-refractivity contribution in [3.63, 3.8) is 0 Å². The minimum Gasteiger partial charge on any atom is -0.371 e. The molecule has 0 bridgehead atoms. The Balaban J connectivity index is 2.13. The highest BCUT2D eigenvalue weighted by molar-refractivity contribution is 6.02. The van der Waals surface area contributed by atoms with Crippen LogP contribution in [0.4, 0.5) is 11.4 Å². The Labute approximate surface area is 170 Å². The minimum atomic E-state index is -0.0611. The maximum absolute atomic E-state index is 12.9. The van der Waals surface area contributed by atoms with Gasteiger partial charge in [-0.3, -0.25) is 9.59 Å². The summed E-state index contributed by atoms with van der Waals surface area (Å²) < 4.78 is 0. The van der Waals surface area contributed by atoms with Crippen LogP contribution in [-0.4, -0.2) is 30.9 Å². The van der Waals surface area contributed by atoms with Gasteiger partial charge in [-0.05, 0) is 57.2 Å². The summed E-state index contributed by atoms with van der Waals surface area (Å²) in [4.78, 5) is 27.5. The fraction of sp³-hybridized carbons (Fsp3) is 0.652. The van der Waals surface area contributed by atoms with Gasteiger partial charge in [0.25, 0.3) is 5.91 Å². The largest absolute Gasteiger partial charge is 0.371 e. The maximum atomic E-state index is 12.9. The van der Waals surface area contributed by atoms with E-state index in [9.17, 15) is 9.59 Å². The van der Waals surface area contributed by atoms with E-state index >= 15 is 0 Å². The number of hydrogen-bond donors (Lipinski definition) is 2. The van der Waals surface area contributed by atoms with E-state index in [1.165, 1.54) is 6.42 Å². The quantitative estimate of drug-likeness (QED) is 0.548. The molecule has 1 atom stereocenters. The van der Waals surface area contributed by atoms with Gasteiger partial charge in [-0.2, -0.15) is 0 Å². The molecule has 1 aromatic carbocycles. The van der Waals surface area contributed by atoms with Crippen molar-refractivity contribution < 1.29 is 9.59 Å². The van der Waals surface area contributed by atoms with Crippen LogP contribution in [0.5, 0.6) is 0 Å². The number of anilines is 2. The van der Waals surface area contributed by atoms with Gasteiger partial charge in [0.15, 0.2) is 0 Å². The molecule has 0 aromatic heterocycles. The normalized spacial score (nSPS) is 15.2. The second-order valence-corrected chi connectivity index (χ2v) is 7.92. The van der Waals surface area contributed by atoms with Crippen LogP contribution in [0.1, 0.15) is 88.9 Å². The molecule has 5 heteroatoms. The first-order chi connectivity index (χ1) is 13.5. The fourth-order valence-electron chi connectivity index (χ4n) is 3.55. The highest BCUT2D eigenvalue weighted by Gasteiger charge is 2.20. The van der Waals surface area contributed by atoms with Gasteiger partial charge in [0.1, 0.15) is 0 Å². The Morgan fingerprint density at radius 2 is 1.82 bits per heavy atom. The van der Waals surface area contributed by atoms with Crippen molar-refractivity contribution in [3.05, 3.63) is 23.8 Å². The van der Waals surface area contributed by atoms with Crippen molar-refractivity contribution in [1.82, 2.24) is 5.32 Å². The van der Waals surface area contributed by atoms with E-state index in [1.807, 2.05) is 25.1 Å². The number of unbranched alkanes of at least 4 members (excludes halogenated alkanes) is 3. The van der Waals surface area contributed by atoms with E-state index in [1.54, 1.807) is 0 Å². The summed E-state index contributed by atoms with van der Waals surface area (Å²) in [5, 5.41) is 6.05. The van der Waals surface area contributed by atoms with Crippen molar-refractivity contribution in [1.29, 1.82) is 0 Å². The Morgan fingerprint density at radius 1 is 1.07 bits per heavy atom. The minimum absolute atomic E-state index is 0.0232. The van der Waals surface area contributed by atoms with Gasteiger partial charge in [-0.25, -0.2) is 0 Å². The average Bonchev–Trinajstić information content (AvgIpc) is 2.71. The molecule has 2 N–H and O–H groups in total. The molecule has 2 amide bonds. The van der Waals surface area contributed by atoms with Crippen molar-refractivity contribution in [2.75, 3.05) is 23.3 Å². The summed E-state index contributed by atoms with van der Waals surface area (Å²) in [5.41, 5.74) is 2.34. The van der Waals surface area contributed by atoms with Crippen LogP contribution in [0, 0.1) is 0 Å². The molecule has 0 unspecified atom stereocenters. The van der Waals surface area contributed by atoms with E-state index < -0.39 is 0 Å². The SMILES string of the molecule is CCCCCCC(=O)Nc1ccc(N2CCCCC2)c(C(=O)N[C@@H](C)CC)c1. The third kappa shape index (κ3) is 6.84. The summed E-state index contributed by atoms with van der Waals surface area (Å²) in [6, 6.07) is 5.88. The second-order valence-electron chi connectivity index (χ2n) is 7.92. The third-order valence-corrected chi connectivity index (χ3v) is 5.47. The van der Waals surface area contributed by atoms with E-state index in [0.717, 1.165) is 63.7 Å². The Hall–Kier alpha value is -2.04. The lowest BCUT2D eigenvalue weighted by molar-refractivity contribution is -0.116. The molecule has 1 fully saturated rings. The molecule has 1 aliphatic heterocycles. The number of nitrogens with one attached hydrogen (secondary N) is 2. The molecule has 28 heavy (non-hydrogen) atoms. The van der Waals surface area contributed by atoms with Crippen LogP contribution < -0.4 is 15.5 Å². The molecule has 156 valence electrons. The molecule has 1 aliphatic rings. The van der Waals surface area contributed by atoms with E-state index in [4.69, 9.17) is 0 Å². The number of carbonyl (C=O) groups excluding carboxylic acids is 2. The molecule has 1 aromatic rings. The average molecular weight is 388 g/mol. The molecule has 0 radical (unpaired) electrons. The summed E-state index contributed by atoms with van der Waals surface area (Å²) >= 11 is 0. The number of hydrogen-bond acceptors (Lipinski definition) is 3. The zero-order chi connectivity index (χ0) is 20.4. The highest BCUT2D eigenvalue weighted by atomic mass is 16.2. The first-order valence-corrected chi connectivity index (χ1v) is 11.0. The number of rotatable bonds is 10. The number of amides is 2. The molecule has 5 nitrogen and oxygen atoms in total. The van der Waals surface area contributed by atoms with Gasteiger partial charge in [0.2, 0.25) is 5.91 Å². The first-order valence-electron chi connectivity index (χ1n) is 11.0. The van der Waals surface area contributed by atoms with Crippen molar-refractivity contribution in [2.24, 2.45) is 0 Å². The number of carbonyl (C=O) groups is 2. The smallest absolute Gasteiger partial charge is 0.253 e. The van der Waals surface area contributed by atoms with Gasteiger partial charge in [-0.15, -0.1) is 0 Å². The first kappa shape index (κ1) is 22.3. The number of piperidine rings is 1. The maximum Gasteiger partial charge on any atom is 0.253 e. The molecule has 0 spiro atoms. The molecule has 1 heterocycles. The van der Waals surface area contributed by atoms with Gasteiger partial charge < -0.3 is 15.5 Å². The number of benzene rings is 1. The molecule has 1 saturated heterocycles. The number of nitrogens with zero attached hydrogens (tertiary/aromatic N) is 1. The van der Waals surface area contributed by atoms with Crippen molar-refractivity contribution >= 4 is 23.2 Å². The third-order valence-electron chi connectivity index (χ3n) is 5.47. The van der Waals surface area contributed by atoms with Crippen molar-refractivity contribution in [2.45, 2.75) is 84.6 Å². The van der Waals surface area contributed by atoms with Crippen LogP contribution in [0.3, 0.4) is 0 Å². The standard InChI is InChI=1S/C23H37N3O2/c1-4-6-7-9-12-22(27)25-19-13-14-21(26-15-10-8-11-16-26)20(17-19)23(28)24-18(3)5-2/h13-14,17-18H,4-12,15-16H2,1-3H3,(H,24,28)(H,25,27)/t18-/m0/s1. The Bertz CT molecular complexity index is 639. The lowest BCUT2D eigenvalue weighted by atomic mass is 10.0. The molecular weight excluding hydrogens is 350 g/mol. The summed E-state index contributed by atoms with van der Waals surface area (Å²) in [6.07, 6.45) is 9.29. The predicted octanol–water partition coefficient (Wildman–Crippen LogP) is 5.11. The lowest BCUT2D eigenvalue weighted by Gasteiger charge is -2.31. The fourth-order valence-corrected chi connectivity index (χ4v) is 3.55. The zero-order valence-corrected chi connectivity index (χ0v) is 17.9. The molecular formula is C23H37N3O2. The van der Waals surface area contributed by atoms with Crippen LogP contribution in [0.25, 0.3) is 0 Å². The molecule has 0 aliphatic carbocycles.